The Morgan fingerprint density at radius 2 is 2.41 bits per heavy atom. The van der Waals surface area contributed by atoms with Crippen LogP contribution in [0.5, 0.6) is 0 Å². The van der Waals surface area contributed by atoms with E-state index in [4.69, 9.17) is 9.52 Å². The summed E-state index contributed by atoms with van der Waals surface area (Å²) in [5.74, 6) is -0.503. The van der Waals surface area contributed by atoms with Crippen molar-refractivity contribution in [3.05, 3.63) is 30.2 Å². The van der Waals surface area contributed by atoms with Crippen molar-refractivity contribution in [2.24, 2.45) is 0 Å². The molecule has 2 aromatic rings. The summed E-state index contributed by atoms with van der Waals surface area (Å²) in [4.78, 5) is 11.1. The number of rotatable bonds is 5. The number of aromatic nitrogens is 2. The molecule has 2 rings (SSSR count). The lowest BCUT2D eigenvalue weighted by Gasteiger charge is -1.97. The Morgan fingerprint density at radius 3 is 3.00 bits per heavy atom. The van der Waals surface area contributed by atoms with Crippen LogP contribution < -0.4 is 0 Å². The predicted octanol–water partition coefficient (Wildman–Crippen LogP) is 2.64. The largest absolute Gasteiger partial charge is 0.478 e. The fourth-order valence-corrected chi connectivity index (χ4v) is 1.61. The number of furan rings is 1. The number of carboxylic acids is 1. The second kappa shape index (κ2) is 4.86. The van der Waals surface area contributed by atoms with E-state index in [0.717, 1.165) is 19.4 Å². The van der Waals surface area contributed by atoms with E-state index in [1.54, 1.807) is 23.0 Å². The van der Waals surface area contributed by atoms with Crippen molar-refractivity contribution < 1.29 is 14.3 Å². The minimum atomic E-state index is -0.987. The molecule has 0 radical (unpaired) electrons. The SMILES string of the molecule is CCCCn1cc(C(=O)O)c(-c2ccco2)n1. The maximum Gasteiger partial charge on any atom is 0.339 e. The Bertz CT molecular complexity index is 500. The number of aryl methyl sites for hydroxylation is 1. The summed E-state index contributed by atoms with van der Waals surface area (Å²) in [6.45, 7) is 2.80. The van der Waals surface area contributed by atoms with E-state index in [-0.39, 0.29) is 5.56 Å². The molecule has 0 spiro atoms. The molecule has 1 N–H and O–H groups in total. The molecule has 0 atom stereocenters. The lowest BCUT2D eigenvalue weighted by molar-refractivity contribution is 0.0697. The smallest absolute Gasteiger partial charge is 0.339 e. The quantitative estimate of drug-likeness (QED) is 0.863. The van der Waals surface area contributed by atoms with Crippen LogP contribution in [0.4, 0.5) is 0 Å². The van der Waals surface area contributed by atoms with E-state index < -0.39 is 5.97 Å². The van der Waals surface area contributed by atoms with Crippen molar-refractivity contribution in [2.75, 3.05) is 0 Å². The van der Waals surface area contributed by atoms with Crippen molar-refractivity contribution in [1.29, 1.82) is 0 Å². The Labute approximate surface area is 98.7 Å². The zero-order chi connectivity index (χ0) is 12.3. The van der Waals surface area contributed by atoms with Gasteiger partial charge in [0.2, 0.25) is 0 Å². The molecule has 5 nitrogen and oxygen atoms in total. The normalized spacial score (nSPS) is 10.6. The van der Waals surface area contributed by atoms with Crippen LogP contribution in [0.2, 0.25) is 0 Å². The second-order valence-electron chi connectivity index (χ2n) is 3.79. The monoisotopic (exact) mass is 234 g/mol. The third-order valence-electron chi connectivity index (χ3n) is 2.49. The van der Waals surface area contributed by atoms with Gasteiger partial charge in [-0.1, -0.05) is 13.3 Å². The van der Waals surface area contributed by atoms with Crippen molar-refractivity contribution in [3.8, 4) is 11.5 Å². The summed E-state index contributed by atoms with van der Waals surface area (Å²) in [5, 5.41) is 13.4. The van der Waals surface area contributed by atoms with Gasteiger partial charge in [-0.2, -0.15) is 5.10 Å². The van der Waals surface area contributed by atoms with Gasteiger partial charge in [0.1, 0.15) is 11.3 Å². The van der Waals surface area contributed by atoms with Gasteiger partial charge < -0.3 is 9.52 Å². The minimum Gasteiger partial charge on any atom is -0.478 e. The highest BCUT2D eigenvalue weighted by Gasteiger charge is 2.18. The van der Waals surface area contributed by atoms with Gasteiger partial charge in [-0.25, -0.2) is 4.79 Å². The van der Waals surface area contributed by atoms with Gasteiger partial charge in [-0.05, 0) is 18.6 Å². The van der Waals surface area contributed by atoms with E-state index >= 15 is 0 Å². The summed E-state index contributed by atoms with van der Waals surface area (Å²) in [7, 11) is 0. The van der Waals surface area contributed by atoms with Gasteiger partial charge >= 0.3 is 5.97 Å². The van der Waals surface area contributed by atoms with Gasteiger partial charge in [-0.15, -0.1) is 0 Å². The first-order chi connectivity index (χ1) is 8.22. The Morgan fingerprint density at radius 1 is 1.59 bits per heavy atom. The van der Waals surface area contributed by atoms with E-state index in [2.05, 4.69) is 12.0 Å². The van der Waals surface area contributed by atoms with Crippen LogP contribution in [0.1, 0.15) is 30.1 Å². The van der Waals surface area contributed by atoms with Crippen LogP contribution >= 0.6 is 0 Å². The van der Waals surface area contributed by atoms with E-state index in [0.29, 0.717) is 11.5 Å². The molecule has 0 bridgehead atoms. The average molecular weight is 234 g/mol. The lowest BCUT2D eigenvalue weighted by Crippen LogP contribution is -1.98. The third-order valence-corrected chi connectivity index (χ3v) is 2.49. The molecule has 5 heteroatoms. The summed E-state index contributed by atoms with van der Waals surface area (Å²) < 4.78 is 6.85. The van der Waals surface area contributed by atoms with E-state index in [9.17, 15) is 4.79 Å². The van der Waals surface area contributed by atoms with Crippen LogP contribution in [0.3, 0.4) is 0 Å². The molecule has 0 aliphatic carbocycles. The molecule has 0 unspecified atom stereocenters. The zero-order valence-corrected chi connectivity index (χ0v) is 9.59. The maximum atomic E-state index is 11.1. The second-order valence-corrected chi connectivity index (χ2v) is 3.79. The molecule has 0 saturated heterocycles. The van der Waals surface area contributed by atoms with Crippen LogP contribution in [-0.2, 0) is 6.54 Å². The van der Waals surface area contributed by atoms with Crippen LogP contribution in [0.25, 0.3) is 11.5 Å². The van der Waals surface area contributed by atoms with Crippen molar-refractivity contribution >= 4 is 5.97 Å². The molecule has 90 valence electrons. The van der Waals surface area contributed by atoms with Crippen LogP contribution in [0.15, 0.2) is 29.0 Å². The Kier molecular flexibility index (Phi) is 3.27. The topological polar surface area (TPSA) is 68.3 Å². The highest BCUT2D eigenvalue weighted by molar-refractivity contribution is 5.93. The van der Waals surface area contributed by atoms with Crippen LogP contribution in [-0.4, -0.2) is 20.9 Å². The molecule has 2 aromatic heterocycles. The highest BCUT2D eigenvalue weighted by atomic mass is 16.4. The van der Waals surface area contributed by atoms with Crippen molar-refractivity contribution in [1.82, 2.24) is 9.78 Å². The molecular formula is C12H14N2O3. The number of aromatic carboxylic acids is 1. The van der Waals surface area contributed by atoms with Gasteiger partial charge in [0, 0.05) is 12.7 Å². The van der Waals surface area contributed by atoms with E-state index in [1.165, 1.54) is 6.26 Å². The minimum absolute atomic E-state index is 0.177. The number of nitrogens with zero attached hydrogens (tertiary/aromatic N) is 2. The molecule has 0 amide bonds. The Balaban J connectivity index is 2.36. The zero-order valence-electron chi connectivity index (χ0n) is 9.59. The van der Waals surface area contributed by atoms with Crippen LogP contribution in [0, 0.1) is 0 Å². The van der Waals surface area contributed by atoms with Crippen molar-refractivity contribution in [3.63, 3.8) is 0 Å². The van der Waals surface area contributed by atoms with Gasteiger partial charge in [0.15, 0.2) is 5.76 Å². The van der Waals surface area contributed by atoms with Gasteiger partial charge in [-0.3, -0.25) is 4.68 Å². The number of carbonyl (C=O) groups is 1. The predicted molar refractivity (Wildman–Crippen MR) is 61.8 cm³/mol. The van der Waals surface area contributed by atoms with Gasteiger partial charge in [0.25, 0.3) is 0 Å². The average Bonchev–Trinajstić information content (AvgIpc) is 2.94. The molecule has 0 saturated carbocycles. The summed E-state index contributed by atoms with van der Waals surface area (Å²) in [5.41, 5.74) is 0.564. The fraction of sp³-hybridized carbons (Fsp3) is 0.333. The van der Waals surface area contributed by atoms with Crippen molar-refractivity contribution in [2.45, 2.75) is 26.3 Å². The summed E-state index contributed by atoms with van der Waals surface area (Å²) >= 11 is 0. The first-order valence-corrected chi connectivity index (χ1v) is 5.57. The number of hydrogen-bond acceptors (Lipinski definition) is 3. The first-order valence-electron chi connectivity index (χ1n) is 5.57. The fourth-order valence-electron chi connectivity index (χ4n) is 1.61. The lowest BCUT2D eigenvalue weighted by atomic mass is 10.2. The molecule has 0 aliphatic rings. The molecule has 2 heterocycles. The third kappa shape index (κ3) is 2.38. The molecule has 17 heavy (non-hydrogen) atoms. The number of carboxylic acid groups (broad SMARTS) is 1. The number of hydrogen-bond donors (Lipinski definition) is 1. The highest BCUT2D eigenvalue weighted by Crippen LogP contribution is 2.22. The standard InChI is InChI=1S/C12H14N2O3/c1-2-3-6-14-8-9(12(15)16)11(13-14)10-5-4-7-17-10/h4-5,7-8H,2-3,6H2,1H3,(H,15,16). The maximum absolute atomic E-state index is 11.1. The summed E-state index contributed by atoms with van der Waals surface area (Å²) in [6, 6.07) is 3.42. The molecule has 0 aliphatic heterocycles. The Hall–Kier alpha value is -2.04. The first kappa shape index (κ1) is 11.4. The molecular weight excluding hydrogens is 220 g/mol. The van der Waals surface area contributed by atoms with E-state index in [1.807, 2.05) is 0 Å². The van der Waals surface area contributed by atoms with Gasteiger partial charge in [0.05, 0.1) is 6.26 Å². The summed E-state index contributed by atoms with van der Waals surface area (Å²) in [6.07, 6.45) is 5.07. The molecule has 0 fully saturated rings. The number of unbranched alkanes of at least 4 members (excludes halogenated alkanes) is 1. The molecule has 0 aromatic carbocycles.